The van der Waals surface area contributed by atoms with E-state index in [9.17, 15) is 8.42 Å². The van der Waals surface area contributed by atoms with E-state index in [4.69, 9.17) is 15.7 Å². The Hall–Kier alpha value is -2.52. The summed E-state index contributed by atoms with van der Waals surface area (Å²) >= 11 is 0. The Kier molecular flexibility index (Phi) is 3.63. The minimum Gasteiger partial charge on any atom is -0.455 e. The number of benzene rings is 2. The first-order chi connectivity index (χ1) is 9.40. The second kappa shape index (κ2) is 5.23. The molecular formula is C14H12N2O3S. The molecule has 102 valence electrons. The van der Waals surface area contributed by atoms with Crippen LogP contribution in [0.15, 0.2) is 47.4 Å². The number of nitrogens with two attached hydrogens (primary N) is 1. The van der Waals surface area contributed by atoms with Gasteiger partial charge in [-0.05, 0) is 42.5 Å². The van der Waals surface area contributed by atoms with Gasteiger partial charge in [-0.25, -0.2) is 8.42 Å². The van der Waals surface area contributed by atoms with Crippen molar-refractivity contribution in [1.82, 2.24) is 0 Å². The van der Waals surface area contributed by atoms with Crippen LogP contribution in [0.1, 0.15) is 5.56 Å². The highest BCUT2D eigenvalue weighted by Crippen LogP contribution is 2.29. The fraction of sp³-hybridized carbons (Fsp3) is 0.0714. The lowest BCUT2D eigenvalue weighted by atomic mass is 10.2. The van der Waals surface area contributed by atoms with E-state index < -0.39 is 9.84 Å². The van der Waals surface area contributed by atoms with Crippen LogP contribution in [0, 0.1) is 11.3 Å². The van der Waals surface area contributed by atoms with E-state index in [-0.39, 0.29) is 10.6 Å². The highest BCUT2D eigenvalue weighted by Gasteiger charge is 2.10. The first kappa shape index (κ1) is 13.9. The monoisotopic (exact) mass is 288 g/mol. The Labute approximate surface area is 117 Å². The van der Waals surface area contributed by atoms with Crippen LogP contribution in [0.4, 0.5) is 5.69 Å². The number of hydrogen-bond donors (Lipinski definition) is 1. The molecule has 0 saturated heterocycles. The Balaban J connectivity index is 2.28. The van der Waals surface area contributed by atoms with Gasteiger partial charge in [0.05, 0.1) is 22.2 Å². The first-order valence-corrected chi connectivity index (χ1v) is 7.57. The Morgan fingerprint density at radius 3 is 2.30 bits per heavy atom. The molecule has 0 unspecified atom stereocenters. The van der Waals surface area contributed by atoms with Crippen LogP contribution in [0.2, 0.25) is 0 Å². The normalized spacial score (nSPS) is 10.8. The molecule has 0 aromatic heterocycles. The van der Waals surface area contributed by atoms with Gasteiger partial charge in [-0.3, -0.25) is 0 Å². The van der Waals surface area contributed by atoms with Crippen molar-refractivity contribution in [2.75, 3.05) is 12.0 Å². The molecule has 2 aromatic carbocycles. The number of nitrogens with zero attached hydrogens (tertiary/aromatic N) is 1. The third-order valence-corrected chi connectivity index (χ3v) is 3.73. The van der Waals surface area contributed by atoms with E-state index >= 15 is 0 Å². The van der Waals surface area contributed by atoms with Gasteiger partial charge in [0.15, 0.2) is 9.84 Å². The number of nitrogen functional groups attached to an aromatic ring is 1. The maximum Gasteiger partial charge on any atom is 0.175 e. The molecule has 0 fully saturated rings. The third-order valence-electron chi connectivity index (χ3n) is 2.62. The van der Waals surface area contributed by atoms with Crippen LogP contribution in [-0.2, 0) is 9.84 Å². The lowest BCUT2D eigenvalue weighted by Gasteiger charge is -2.09. The molecule has 0 heterocycles. The minimum atomic E-state index is -3.30. The summed E-state index contributed by atoms with van der Waals surface area (Å²) in [7, 11) is -3.30. The highest BCUT2D eigenvalue weighted by molar-refractivity contribution is 7.90. The van der Waals surface area contributed by atoms with Gasteiger partial charge in [0.25, 0.3) is 0 Å². The molecule has 0 amide bonds. The van der Waals surface area contributed by atoms with E-state index in [1.54, 1.807) is 24.3 Å². The van der Waals surface area contributed by atoms with Gasteiger partial charge >= 0.3 is 0 Å². The number of hydrogen-bond acceptors (Lipinski definition) is 5. The van der Waals surface area contributed by atoms with Gasteiger partial charge in [-0.2, -0.15) is 5.26 Å². The Morgan fingerprint density at radius 1 is 1.15 bits per heavy atom. The zero-order valence-electron chi connectivity index (χ0n) is 10.7. The lowest BCUT2D eigenvalue weighted by molar-refractivity contribution is 0.484. The van der Waals surface area contributed by atoms with Crippen molar-refractivity contribution >= 4 is 15.5 Å². The SMILES string of the molecule is CS(=O)(=O)c1ccc(Oc2ccc(C#N)cc2)c(N)c1. The standard InChI is InChI=1S/C14H12N2O3S/c1-20(17,18)12-6-7-14(13(16)8-12)19-11-4-2-10(9-15)3-5-11/h2-8H,16H2,1H3. The summed E-state index contributed by atoms with van der Waals surface area (Å²) in [6, 6.07) is 12.8. The molecule has 2 aromatic rings. The summed E-state index contributed by atoms with van der Waals surface area (Å²) in [4.78, 5) is 0.141. The second-order valence-electron chi connectivity index (χ2n) is 4.21. The van der Waals surface area contributed by atoms with Crippen LogP contribution in [-0.4, -0.2) is 14.7 Å². The molecule has 0 bridgehead atoms. The van der Waals surface area contributed by atoms with Crippen molar-refractivity contribution < 1.29 is 13.2 Å². The van der Waals surface area contributed by atoms with E-state index in [1.165, 1.54) is 18.2 Å². The minimum absolute atomic E-state index is 0.141. The topological polar surface area (TPSA) is 93.2 Å². The zero-order valence-corrected chi connectivity index (χ0v) is 11.5. The number of ether oxygens (including phenoxy) is 1. The van der Waals surface area contributed by atoms with Crippen LogP contribution < -0.4 is 10.5 Å². The average Bonchev–Trinajstić information content (AvgIpc) is 2.41. The molecule has 0 saturated carbocycles. The average molecular weight is 288 g/mol. The molecule has 2 rings (SSSR count). The fourth-order valence-electron chi connectivity index (χ4n) is 1.57. The van der Waals surface area contributed by atoms with Crippen molar-refractivity contribution in [1.29, 1.82) is 5.26 Å². The van der Waals surface area contributed by atoms with Crippen LogP contribution in [0.5, 0.6) is 11.5 Å². The molecule has 5 nitrogen and oxygen atoms in total. The van der Waals surface area contributed by atoms with Gasteiger partial charge < -0.3 is 10.5 Å². The van der Waals surface area contributed by atoms with Crippen molar-refractivity contribution in [3.8, 4) is 17.6 Å². The van der Waals surface area contributed by atoms with Crippen molar-refractivity contribution in [3.63, 3.8) is 0 Å². The number of nitriles is 1. The number of rotatable bonds is 3. The molecule has 0 aliphatic rings. The van der Waals surface area contributed by atoms with Gasteiger partial charge in [-0.1, -0.05) is 0 Å². The smallest absolute Gasteiger partial charge is 0.175 e. The summed E-state index contributed by atoms with van der Waals surface area (Å²) in [5.74, 6) is 0.880. The second-order valence-corrected chi connectivity index (χ2v) is 6.23. The zero-order chi connectivity index (χ0) is 14.8. The highest BCUT2D eigenvalue weighted by atomic mass is 32.2. The Morgan fingerprint density at radius 2 is 1.80 bits per heavy atom. The molecule has 0 atom stereocenters. The number of sulfone groups is 1. The summed E-state index contributed by atoms with van der Waals surface area (Å²) in [5, 5.41) is 8.70. The molecule has 0 aliphatic heterocycles. The predicted octanol–water partition coefficient (Wildman–Crippen LogP) is 2.34. The van der Waals surface area contributed by atoms with Crippen molar-refractivity contribution in [3.05, 3.63) is 48.0 Å². The molecule has 0 spiro atoms. The summed E-state index contributed by atoms with van der Waals surface area (Å²) in [6.45, 7) is 0. The lowest BCUT2D eigenvalue weighted by Crippen LogP contribution is -1.99. The van der Waals surface area contributed by atoms with Gasteiger partial charge in [0.1, 0.15) is 11.5 Å². The molecule has 2 N–H and O–H groups in total. The van der Waals surface area contributed by atoms with Gasteiger partial charge in [0, 0.05) is 6.26 Å². The van der Waals surface area contributed by atoms with E-state index in [0.717, 1.165) is 6.26 Å². The molecule has 6 heteroatoms. The van der Waals surface area contributed by atoms with E-state index in [0.29, 0.717) is 17.1 Å². The largest absolute Gasteiger partial charge is 0.455 e. The maximum atomic E-state index is 11.4. The Bertz CT molecular complexity index is 775. The van der Waals surface area contributed by atoms with Crippen molar-refractivity contribution in [2.24, 2.45) is 0 Å². The summed E-state index contributed by atoms with van der Waals surface area (Å²) in [6.07, 6.45) is 1.11. The van der Waals surface area contributed by atoms with Crippen LogP contribution in [0.25, 0.3) is 0 Å². The first-order valence-electron chi connectivity index (χ1n) is 5.68. The van der Waals surface area contributed by atoms with Crippen molar-refractivity contribution in [2.45, 2.75) is 4.90 Å². The van der Waals surface area contributed by atoms with Crippen LogP contribution in [0.3, 0.4) is 0 Å². The molecule has 0 aliphatic carbocycles. The van der Waals surface area contributed by atoms with E-state index in [2.05, 4.69) is 0 Å². The number of anilines is 1. The fourth-order valence-corrected chi connectivity index (χ4v) is 2.23. The predicted molar refractivity (Wildman–Crippen MR) is 75.2 cm³/mol. The molecule has 20 heavy (non-hydrogen) atoms. The quantitative estimate of drug-likeness (QED) is 0.875. The summed E-state index contributed by atoms with van der Waals surface area (Å²) < 4.78 is 28.3. The van der Waals surface area contributed by atoms with Gasteiger partial charge in [-0.15, -0.1) is 0 Å². The third kappa shape index (κ3) is 3.08. The van der Waals surface area contributed by atoms with Gasteiger partial charge in [0.2, 0.25) is 0 Å². The molecular weight excluding hydrogens is 276 g/mol. The maximum absolute atomic E-state index is 11.4. The van der Waals surface area contributed by atoms with Crippen LogP contribution >= 0.6 is 0 Å². The molecule has 0 radical (unpaired) electrons. The summed E-state index contributed by atoms with van der Waals surface area (Å²) in [5.41, 5.74) is 6.54. The van der Waals surface area contributed by atoms with E-state index in [1.807, 2.05) is 6.07 Å².